The smallest absolute Gasteiger partial charge is 0.223 e. The summed E-state index contributed by atoms with van der Waals surface area (Å²) in [6, 6.07) is 21.9. The molecule has 3 aromatic rings. The van der Waals surface area contributed by atoms with E-state index in [-0.39, 0.29) is 5.91 Å². The highest BCUT2D eigenvalue weighted by Gasteiger charge is 2.11. The molecule has 1 N–H and O–H groups in total. The zero-order valence-electron chi connectivity index (χ0n) is 15.2. The number of hydrogen-bond acceptors (Lipinski definition) is 2. The second kappa shape index (κ2) is 8.39. The Hall–Kier alpha value is -3.01. The number of hydrogen-bond donors (Lipinski definition) is 1. The van der Waals surface area contributed by atoms with Gasteiger partial charge in [0.05, 0.1) is 13.0 Å². The lowest BCUT2D eigenvalue weighted by Gasteiger charge is -2.10. The number of nitrogens with one attached hydrogen (secondary N) is 1. The van der Waals surface area contributed by atoms with Gasteiger partial charge in [0.25, 0.3) is 0 Å². The number of carbonyl (C=O) groups excluding carboxylic acids is 1. The molecule has 0 fully saturated rings. The van der Waals surface area contributed by atoms with E-state index in [1.807, 2.05) is 48.5 Å². The highest BCUT2D eigenvalue weighted by molar-refractivity contribution is 5.76. The lowest BCUT2D eigenvalue weighted by molar-refractivity contribution is -0.121. The fourth-order valence-electron chi connectivity index (χ4n) is 3.04. The Labute approximate surface area is 154 Å². The van der Waals surface area contributed by atoms with Crippen molar-refractivity contribution in [1.82, 2.24) is 9.88 Å². The van der Waals surface area contributed by atoms with Crippen molar-refractivity contribution in [3.05, 3.63) is 83.7 Å². The molecule has 1 amide bonds. The number of aryl methyl sites for hydroxylation is 1. The maximum atomic E-state index is 12.1. The monoisotopic (exact) mass is 348 g/mol. The third-order valence-corrected chi connectivity index (χ3v) is 4.37. The number of carbonyl (C=O) groups is 1. The van der Waals surface area contributed by atoms with Crippen LogP contribution in [-0.2, 0) is 11.3 Å². The van der Waals surface area contributed by atoms with Gasteiger partial charge in [-0.05, 0) is 49.7 Å². The van der Waals surface area contributed by atoms with Crippen LogP contribution in [0.1, 0.15) is 23.4 Å². The highest BCUT2D eigenvalue weighted by Crippen LogP contribution is 2.20. The van der Waals surface area contributed by atoms with Gasteiger partial charge in [-0.2, -0.15) is 0 Å². The second-order valence-corrected chi connectivity index (χ2v) is 6.26. The summed E-state index contributed by atoms with van der Waals surface area (Å²) in [5.41, 5.74) is 4.57. The predicted molar refractivity (Wildman–Crippen MR) is 104 cm³/mol. The largest absolute Gasteiger partial charge is 0.493 e. The average molecular weight is 348 g/mol. The molecule has 0 spiro atoms. The summed E-state index contributed by atoms with van der Waals surface area (Å²) >= 11 is 0. The van der Waals surface area contributed by atoms with Gasteiger partial charge < -0.3 is 14.6 Å². The normalized spacial score (nSPS) is 10.5. The minimum absolute atomic E-state index is 0.00885. The molecule has 4 nitrogen and oxygen atoms in total. The predicted octanol–water partition coefficient (Wildman–Crippen LogP) is 4.18. The molecule has 4 heteroatoms. The van der Waals surface area contributed by atoms with Gasteiger partial charge >= 0.3 is 0 Å². The molecule has 0 radical (unpaired) electrons. The van der Waals surface area contributed by atoms with Crippen molar-refractivity contribution >= 4 is 5.91 Å². The molecule has 0 aliphatic heterocycles. The first-order valence-electron chi connectivity index (χ1n) is 8.83. The van der Waals surface area contributed by atoms with E-state index < -0.39 is 0 Å². The van der Waals surface area contributed by atoms with Crippen LogP contribution in [0.5, 0.6) is 5.75 Å². The first kappa shape index (κ1) is 17.8. The van der Waals surface area contributed by atoms with Crippen LogP contribution in [0.15, 0.2) is 66.7 Å². The summed E-state index contributed by atoms with van der Waals surface area (Å²) in [6.45, 7) is 5.06. The van der Waals surface area contributed by atoms with Gasteiger partial charge in [0.15, 0.2) is 0 Å². The Morgan fingerprint density at radius 2 is 1.65 bits per heavy atom. The molecule has 2 aromatic carbocycles. The minimum atomic E-state index is -0.00885. The van der Waals surface area contributed by atoms with Crippen LogP contribution in [0.25, 0.3) is 5.69 Å². The van der Waals surface area contributed by atoms with Crippen LogP contribution < -0.4 is 10.1 Å². The van der Waals surface area contributed by atoms with Crippen LogP contribution in [0.4, 0.5) is 0 Å². The first-order chi connectivity index (χ1) is 12.6. The van der Waals surface area contributed by atoms with Gasteiger partial charge in [0, 0.05) is 23.6 Å². The molecule has 0 bridgehead atoms. The molecule has 0 atom stereocenters. The Balaban J connectivity index is 1.54. The van der Waals surface area contributed by atoms with E-state index in [2.05, 4.69) is 41.9 Å². The zero-order chi connectivity index (χ0) is 18.4. The highest BCUT2D eigenvalue weighted by atomic mass is 16.5. The first-order valence-corrected chi connectivity index (χ1v) is 8.83. The molecular formula is C22H24N2O2. The Morgan fingerprint density at radius 1 is 1.00 bits per heavy atom. The molecule has 0 saturated heterocycles. The molecule has 0 unspecified atom stereocenters. The van der Waals surface area contributed by atoms with Gasteiger partial charge in [0.2, 0.25) is 5.91 Å². The van der Waals surface area contributed by atoms with E-state index in [0.717, 1.165) is 28.4 Å². The summed E-state index contributed by atoms with van der Waals surface area (Å²) in [5, 5.41) is 2.99. The lowest BCUT2D eigenvalue weighted by atomic mass is 10.2. The number of nitrogens with zero attached hydrogens (tertiary/aromatic N) is 1. The van der Waals surface area contributed by atoms with Gasteiger partial charge in [-0.1, -0.05) is 36.4 Å². The van der Waals surface area contributed by atoms with Crippen LogP contribution >= 0.6 is 0 Å². The summed E-state index contributed by atoms with van der Waals surface area (Å²) in [6.07, 6.45) is 0.340. The van der Waals surface area contributed by atoms with Crippen LogP contribution in [0, 0.1) is 13.8 Å². The fourth-order valence-corrected chi connectivity index (χ4v) is 3.04. The van der Waals surface area contributed by atoms with Crippen molar-refractivity contribution in [3.8, 4) is 11.4 Å². The quantitative estimate of drug-likeness (QED) is 0.696. The van der Waals surface area contributed by atoms with Gasteiger partial charge in [0.1, 0.15) is 5.75 Å². The van der Waals surface area contributed by atoms with Crippen molar-refractivity contribution in [3.63, 3.8) is 0 Å². The van der Waals surface area contributed by atoms with Crippen molar-refractivity contribution in [2.24, 2.45) is 0 Å². The maximum Gasteiger partial charge on any atom is 0.223 e. The van der Waals surface area contributed by atoms with Crippen molar-refractivity contribution in [1.29, 1.82) is 0 Å². The number of rotatable bonds is 7. The molecule has 0 saturated carbocycles. The summed E-state index contributed by atoms with van der Waals surface area (Å²) < 4.78 is 7.78. The van der Waals surface area contributed by atoms with Crippen molar-refractivity contribution in [2.45, 2.75) is 26.8 Å². The zero-order valence-corrected chi connectivity index (χ0v) is 15.2. The summed E-state index contributed by atoms with van der Waals surface area (Å²) in [7, 11) is 0. The van der Waals surface area contributed by atoms with Gasteiger partial charge in [-0.3, -0.25) is 4.79 Å². The van der Waals surface area contributed by atoms with Crippen molar-refractivity contribution < 1.29 is 9.53 Å². The van der Waals surface area contributed by atoms with Crippen LogP contribution in [0.2, 0.25) is 0 Å². The average Bonchev–Trinajstić information content (AvgIpc) is 2.95. The molecule has 3 rings (SSSR count). The van der Waals surface area contributed by atoms with Gasteiger partial charge in [-0.25, -0.2) is 0 Å². The topological polar surface area (TPSA) is 43.3 Å². The van der Waals surface area contributed by atoms with Crippen LogP contribution in [-0.4, -0.2) is 17.1 Å². The molecule has 1 heterocycles. The lowest BCUT2D eigenvalue weighted by Crippen LogP contribution is -2.24. The number of para-hydroxylation sites is 2. The second-order valence-electron chi connectivity index (χ2n) is 6.26. The van der Waals surface area contributed by atoms with E-state index in [1.165, 1.54) is 0 Å². The van der Waals surface area contributed by atoms with E-state index in [1.54, 1.807) is 0 Å². The minimum Gasteiger partial charge on any atom is -0.493 e. The molecular weight excluding hydrogens is 324 g/mol. The molecule has 0 aliphatic rings. The SMILES string of the molecule is Cc1cc(CNC(=O)CCOc2ccccc2)c(C)n1-c1ccccc1. The van der Waals surface area contributed by atoms with Crippen molar-refractivity contribution in [2.75, 3.05) is 6.61 Å². The maximum absolute atomic E-state index is 12.1. The van der Waals surface area contributed by atoms with E-state index in [0.29, 0.717) is 19.6 Å². The molecule has 134 valence electrons. The van der Waals surface area contributed by atoms with E-state index in [4.69, 9.17) is 4.74 Å². The Morgan fingerprint density at radius 3 is 2.35 bits per heavy atom. The summed E-state index contributed by atoms with van der Waals surface area (Å²) in [4.78, 5) is 12.1. The third-order valence-electron chi connectivity index (χ3n) is 4.37. The Kier molecular flexibility index (Phi) is 5.74. The molecule has 1 aromatic heterocycles. The summed E-state index contributed by atoms with van der Waals surface area (Å²) in [5.74, 6) is 0.775. The van der Waals surface area contributed by atoms with Gasteiger partial charge in [-0.15, -0.1) is 0 Å². The number of amides is 1. The number of aromatic nitrogens is 1. The molecule has 26 heavy (non-hydrogen) atoms. The third kappa shape index (κ3) is 4.33. The standard InChI is InChI=1S/C22H24N2O2/c1-17-15-19(18(2)24(17)20-9-5-3-6-10-20)16-23-22(25)13-14-26-21-11-7-4-8-12-21/h3-12,15H,13-14,16H2,1-2H3,(H,23,25). The van der Waals surface area contributed by atoms with E-state index in [9.17, 15) is 4.79 Å². The Bertz CT molecular complexity index is 855. The number of benzene rings is 2. The van der Waals surface area contributed by atoms with Crippen LogP contribution in [0.3, 0.4) is 0 Å². The number of ether oxygens (including phenoxy) is 1. The fraction of sp³-hybridized carbons (Fsp3) is 0.227. The molecule has 0 aliphatic carbocycles. The van der Waals surface area contributed by atoms with E-state index >= 15 is 0 Å².